The van der Waals surface area contributed by atoms with Crippen molar-refractivity contribution in [3.8, 4) is 17.0 Å². The zero-order chi connectivity index (χ0) is 13.8. The number of pyridine rings is 1. The molecular formula is C15H18N2O2. The number of ether oxygens (including phenoxy) is 1. The van der Waals surface area contributed by atoms with Gasteiger partial charge in [-0.1, -0.05) is 18.2 Å². The van der Waals surface area contributed by atoms with Crippen molar-refractivity contribution in [2.75, 3.05) is 7.11 Å². The Kier molecular flexibility index (Phi) is 4.02. The molecule has 0 fully saturated rings. The topological polar surface area (TPSA) is 57.2 Å². The van der Waals surface area contributed by atoms with Gasteiger partial charge in [0.25, 0.3) is 5.56 Å². The van der Waals surface area contributed by atoms with Gasteiger partial charge in [-0.25, -0.2) is 0 Å². The van der Waals surface area contributed by atoms with Gasteiger partial charge < -0.3 is 15.0 Å². The smallest absolute Gasteiger partial charge is 0.255 e. The first-order chi connectivity index (χ1) is 9.21. The summed E-state index contributed by atoms with van der Waals surface area (Å²) >= 11 is 0. The molecule has 1 aromatic carbocycles. The third kappa shape index (κ3) is 2.53. The summed E-state index contributed by atoms with van der Waals surface area (Å²) in [5.74, 6) is 0.774. The first kappa shape index (κ1) is 13.4. The molecule has 0 unspecified atom stereocenters. The molecule has 0 aliphatic heterocycles. The van der Waals surface area contributed by atoms with Gasteiger partial charge in [0.05, 0.1) is 12.8 Å². The van der Waals surface area contributed by atoms with E-state index >= 15 is 0 Å². The minimum atomic E-state index is -0.0229. The van der Waals surface area contributed by atoms with E-state index in [0.29, 0.717) is 12.1 Å². The van der Waals surface area contributed by atoms with Gasteiger partial charge in [-0.2, -0.15) is 0 Å². The summed E-state index contributed by atoms with van der Waals surface area (Å²) in [5.41, 5.74) is 8.02. The van der Waals surface area contributed by atoms with Crippen LogP contribution in [-0.2, 0) is 13.1 Å². The van der Waals surface area contributed by atoms with E-state index in [0.717, 1.165) is 17.0 Å². The van der Waals surface area contributed by atoms with Crippen LogP contribution in [-0.4, -0.2) is 11.7 Å². The van der Waals surface area contributed by atoms with Crippen molar-refractivity contribution in [1.29, 1.82) is 0 Å². The minimum Gasteiger partial charge on any atom is -0.497 e. The number of nitrogens with two attached hydrogens (primary N) is 1. The highest BCUT2D eigenvalue weighted by Crippen LogP contribution is 2.23. The lowest BCUT2D eigenvalue weighted by Crippen LogP contribution is -2.25. The van der Waals surface area contributed by atoms with Crippen molar-refractivity contribution < 1.29 is 4.74 Å². The van der Waals surface area contributed by atoms with E-state index < -0.39 is 0 Å². The average molecular weight is 258 g/mol. The monoisotopic (exact) mass is 258 g/mol. The number of hydrogen-bond donors (Lipinski definition) is 1. The lowest BCUT2D eigenvalue weighted by molar-refractivity contribution is 0.415. The number of hydrogen-bond acceptors (Lipinski definition) is 3. The maximum atomic E-state index is 12.2. The zero-order valence-electron chi connectivity index (χ0n) is 11.2. The molecule has 0 spiro atoms. The van der Waals surface area contributed by atoms with Crippen LogP contribution in [0.5, 0.6) is 5.75 Å². The summed E-state index contributed by atoms with van der Waals surface area (Å²) in [6.45, 7) is 2.82. The van der Waals surface area contributed by atoms with Crippen molar-refractivity contribution in [1.82, 2.24) is 4.57 Å². The molecule has 2 aromatic rings. The summed E-state index contributed by atoms with van der Waals surface area (Å²) in [4.78, 5) is 12.2. The fourth-order valence-corrected chi connectivity index (χ4v) is 2.13. The molecule has 4 heteroatoms. The number of benzene rings is 1. The summed E-state index contributed by atoms with van der Waals surface area (Å²) in [5, 5.41) is 0. The average Bonchev–Trinajstić information content (AvgIpc) is 2.47. The van der Waals surface area contributed by atoms with Crippen LogP contribution in [0.1, 0.15) is 12.5 Å². The molecule has 4 nitrogen and oxygen atoms in total. The van der Waals surface area contributed by atoms with Crippen LogP contribution in [0.25, 0.3) is 11.3 Å². The molecule has 0 bridgehead atoms. The second-order valence-corrected chi connectivity index (χ2v) is 4.23. The molecule has 2 N–H and O–H groups in total. The number of rotatable bonds is 4. The highest BCUT2D eigenvalue weighted by atomic mass is 16.5. The van der Waals surface area contributed by atoms with Crippen molar-refractivity contribution in [2.45, 2.75) is 20.0 Å². The second-order valence-electron chi connectivity index (χ2n) is 4.23. The predicted molar refractivity (Wildman–Crippen MR) is 76.3 cm³/mol. The summed E-state index contributed by atoms with van der Waals surface area (Å²) < 4.78 is 6.95. The molecule has 0 saturated carbocycles. The largest absolute Gasteiger partial charge is 0.497 e. The van der Waals surface area contributed by atoms with Crippen LogP contribution < -0.4 is 16.0 Å². The molecule has 2 rings (SSSR count). The number of methoxy groups -OCH3 is 1. The van der Waals surface area contributed by atoms with E-state index in [1.807, 2.05) is 37.3 Å². The van der Waals surface area contributed by atoms with E-state index in [9.17, 15) is 4.79 Å². The third-order valence-electron chi connectivity index (χ3n) is 3.15. The lowest BCUT2D eigenvalue weighted by Gasteiger charge is -2.13. The molecule has 0 aliphatic carbocycles. The Bertz CT molecular complexity index is 632. The molecule has 0 aliphatic rings. The Hall–Kier alpha value is -2.07. The summed E-state index contributed by atoms with van der Waals surface area (Å²) in [6, 6.07) is 11.4. The van der Waals surface area contributed by atoms with Crippen molar-refractivity contribution in [3.63, 3.8) is 0 Å². The van der Waals surface area contributed by atoms with Crippen molar-refractivity contribution in [2.24, 2.45) is 5.73 Å². The quantitative estimate of drug-likeness (QED) is 0.912. The van der Waals surface area contributed by atoms with Crippen LogP contribution in [0.3, 0.4) is 0 Å². The maximum absolute atomic E-state index is 12.2. The molecule has 0 amide bonds. The first-order valence-electron chi connectivity index (χ1n) is 6.28. The van der Waals surface area contributed by atoms with Gasteiger partial charge in [0.2, 0.25) is 0 Å². The fraction of sp³-hybridized carbons (Fsp3) is 0.267. The van der Waals surface area contributed by atoms with Crippen LogP contribution in [0.2, 0.25) is 0 Å². The normalized spacial score (nSPS) is 10.5. The molecule has 19 heavy (non-hydrogen) atoms. The SMILES string of the molecule is CCn1c(-c2cccc(OC)c2)ccc(CN)c1=O. The summed E-state index contributed by atoms with van der Waals surface area (Å²) in [7, 11) is 1.63. The Labute approximate surface area is 112 Å². The minimum absolute atomic E-state index is 0.0229. The molecular weight excluding hydrogens is 240 g/mol. The highest BCUT2D eigenvalue weighted by molar-refractivity contribution is 5.62. The zero-order valence-corrected chi connectivity index (χ0v) is 11.2. The standard InChI is InChI=1S/C15H18N2O2/c1-3-17-14(8-7-12(10-16)15(17)18)11-5-4-6-13(9-11)19-2/h4-9H,3,10,16H2,1-2H3. The van der Waals surface area contributed by atoms with E-state index in [2.05, 4.69) is 0 Å². The molecule has 0 atom stereocenters. The Balaban J connectivity index is 2.61. The molecule has 100 valence electrons. The first-order valence-corrected chi connectivity index (χ1v) is 6.28. The van der Waals surface area contributed by atoms with Crippen LogP contribution >= 0.6 is 0 Å². The second kappa shape index (κ2) is 5.71. The number of nitrogens with zero attached hydrogens (tertiary/aromatic N) is 1. The van der Waals surface area contributed by atoms with E-state index in [-0.39, 0.29) is 12.1 Å². The molecule has 0 saturated heterocycles. The predicted octanol–water partition coefficient (Wildman–Crippen LogP) is 2.00. The lowest BCUT2D eigenvalue weighted by atomic mass is 10.1. The Morgan fingerprint density at radius 3 is 2.68 bits per heavy atom. The van der Waals surface area contributed by atoms with Gasteiger partial charge in [0.1, 0.15) is 5.75 Å². The van der Waals surface area contributed by atoms with Crippen molar-refractivity contribution >= 4 is 0 Å². The van der Waals surface area contributed by atoms with Gasteiger partial charge >= 0.3 is 0 Å². The van der Waals surface area contributed by atoms with Crippen molar-refractivity contribution in [3.05, 3.63) is 52.3 Å². The Morgan fingerprint density at radius 1 is 1.26 bits per heavy atom. The van der Waals surface area contributed by atoms with Crippen LogP contribution in [0.15, 0.2) is 41.2 Å². The molecule has 1 heterocycles. The van der Waals surface area contributed by atoms with Gasteiger partial charge in [-0.15, -0.1) is 0 Å². The van der Waals surface area contributed by atoms with Gasteiger partial charge in [-0.3, -0.25) is 4.79 Å². The van der Waals surface area contributed by atoms with Gasteiger partial charge in [0, 0.05) is 24.2 Å². The van der Waals surface area contributed by atoms with E-state index in [1.54, 1.807) is 17.7 Å². The number of aromatic nitrogens is 1. The molecule has 1 aromatic heterocycles. The third-order valence-corrected chi connectivity index (χ3v) is 3.15. The van der Waals surface area contributed by atoms with E-state index in [4.69, 9.17) is 10.5 Å². The Morgan fingerprint density at radius 2 is 2.05 bits per heavy atom. The summed E-state index contributed by atoms with van der Waals surface area (Å²) in [6.07, 6.45) is 0. The van der Waals surface area contributed by atoms with Gasteiger partial charge in [0.15, 0.2) is 0 Å². The maximum Gasteiger partial charge on any atom is 0.255 e. The van der Waals surface area contributed by atoms with Crippen LogP contribution in [0, 0.1) is 0 Å². The van der Waals surface area contributed by atoms with Crippen LogP contribution in [0.4, 0.5) is 0 Å². The van der Waals surface area contributed by atoms with E-state index in [1.165, 1.54) is 0 Å². The van der Waals surface area contributed by atoms with Gasteiger partial charge in [-0.05, 0) is 25.1 Å². The molecule has 0 radical (unpaired) electrons. The fourth-order valence-electron chi connectivity index (χ4n) is 2.13. The highest BCUT2D eigenvalue weighted by Gasteiger charge is 2.09.